The minimum atomic E-state index is 0.323. The number of fused-ring (bicyclic) bond motifs is 1. The minimum Gasteiger partial charge on any atom is -0.308 e. The second-order valence-corrected chi connectivity index (χ2v) is 6.51. The summed E-state index contributed by atoms with van der Waals surface area (Å²) in [5.41, 5.74) is 2.73. The second kappa shape index (κ2) is 6.06. The van der Waals surface area contributed by atoms with Crippen molar-refractivity contribution >= 4 is 11.3 Å². The summed E-state index contributed by atoms with van der Waals surface area (Å²) in [6.07, 6.45) is 6.83. The Balaban J connectivity index is 1.93. The van der Waals surface area contributed by atoms with Crippen LogP contribution in [0.4, 0.5) is 0 Å². The van der Waals surface area contributed by atoms with Crippen LogP contribution >= 0.6 is 11.3 Å². The van der Waals surface area contributed by atoms with Crippen LogP contribution in [0.25, 0.3) is 0 Å². The highest BCUT2D eigenvalue weighted by molar-refractivity contribution is 7.10. The van der Waals surface area contributed by atoms with Crippen molar-refractivity contribution in [2.24, 2.45) is 7.05 Å². The fourth-order valence-corrected chi connectivity index (χ4v) is 4.20. The molecule has 108 valence electrons. The number of nitrogens with one attached hydrogen (secondary N) is 1. The van der Waals surface area contributed by atoms with E-state index >= 15 is 0 Å². The van der Waals surface area contributed by atoms with Gasteiger partial charge in [0.1, 0.15) is 0 Å². The monoisotopic (exact) mass is 290 g/mol. The number of nitrogens with zero attached hydrogens (tertiary/aromatic N) is 3. The normalized spacial score (nSPS) is 19.8. The molecule has 0 radical (unpaired) electrons. The van der Waals surface area contributed by atoms with Crippen LogP contribution in [-0.4, -0.2) is 21.5 Å². The summed E-state index contributed by atoms with van der Waals surface area (Å²) in [5, 5.41) is 14.1. The Morgan fingerprint density at radius 1 is 1.55 bits per heavy atom. The molecule has 0 saturated carbocycles. The molecule has 0 saturated heterocycles. The molecule has 2 atom stereocenters. The predicted octanol–water partition coefficient (Wildman–Crippen LogP) is 3.04. The molecule has 2 heterocycles. The maximum Gasteiger partial charge on any atom is 0.0759 e. The number of hydrogen-bond acceptors (Lipinski definition) is 4. The number of rotatable bonds is 5. The average molecular weight is 290 g/mol. The van der Waals surface area contributed by atoms with Gasteiger partial charge >= 0.3 is 0 Å². The molecule has 1 aliphatic carbocycles. The lowest BCUT2D eigenvalue weighted by Gasteiger charge is -2.31. The molecule has 4 nitrogen and oxygen atoms in total. The van der Waals surface area contributed by atoms with Gasteiger partial charge in [0.05, 0.1) is 17.9 Å². The minimum absolute atomic E-state index is 0.323. The van der Waals surface area contributed by atoms with Crippen LogP contribution < -0.4 is 5.32 Å². The SMILES string of the molecule is CCCNC(c1cnnn1C)C1CCCc2sccc21. The fourth-order valence-electron chi connectivity index (χ4n) is 3.20. The lowest BCUT2D eigenvalue weighted by Crippen LogP contribution is -2.31. The van der Waals surface area contributed by atoms with Crippen LogP contribution in [0, 0.1) is 0 Å². The number of aryl methyl sites for hydroxylation is 2. The van der Waals surface area contributed by atoms with Gasteiger partial charge < -0.3 is 5.32 Å². The van der Waals surface area contributed by atoms with Gasteiger partial charge in [0.15, 0.2) is 0 Å². The molecule has 3 rings (SSSR count). The quantitative estimate of drug-likeness (QED) is 0.920. The fraction of sp³-hybridized carbons (Fsp3) is 0.600. The Morgan fingerprint density at radius 2 is 2.45 bits per heavy atom. The Kier molecular flexibility index (Phi) is 4.17. The Bertz CT molecular complexity index is 560. The third-order valence-corrected chi connectivity index (χ3v) is 5.18. The third-order valence-electron chi connectivity index (χ3n) is 4.18. The van der Waals surface area contributed by atoms with Crippen LogP contribution in [-0.2, 0) is 13.5 Å². The van der Waals surface area contributed by atoms with E-state index in [4.69, 9.17) is 0 Å². The van der Waals surface area contributed by atoms with Gasteiger partial charge in [-0.15, -0.1) is 16.4 Å². The first kappa shape index (κ1) is 13.8. The van der Waals surface area contributed by atoms with E-state index in [1.807, 2.05) is 29.3 Å². The second-order valence-electron chi connectivity index (χ2n) is 5.51. The van der Waals surface area contributed by atoms with Gasteiger partial charge in [-0.2, -0.15) is 0 Å². The van der Waals surface area contributed by atoms with Crippen LogP contribution in [0.2, 0.25) is 0 Å². The summed E-state index contributed by atoms with van der Waals surface area (Å²) in [5.74, 6) is 0.550. The van der Waals surface area contributed by atoms with Gasteiger partial charge in [-0.3, -0.25) is 4.68 Å². The van der Waals surface area contributed by atoms with Crippen molar-refractivity contribution in [1.29, 1.82) is 0 Å². The molecule has 0 amide bonds. The number of aromatic nitrogens is 3. The van der Waals surface area contributed by atoms with Crippen molar-refractivity contribution in [2.75, 3.05) is 6.54 Å². The highest BCUT2D eigenvalue weighted by Crippen LogP contribution is 2.42. The number of thiophene rings is 1. The molecule has 1 aliphatic rings. The molecular formula is C15H22N4S. The molecule has 2 unspecified atom stereocenters. The van der Waals surface area contributed by atoms with E-state index in [-0.39, 0.29) is 0 Å². The molecule has 5 heteroatoms. The molecular weight excluding hydrogens is 268 g/mol. The molecule has 20 heavy (non-hydrogen) atoms. The highest BCUT2D eigenvalue weighted by Gasteiger charge is 2.31. The maximum atomic E-state index is 4.11. The molecule has 0 aromatic carbocycles. The van der Waals surface area contributed by atoms with E-state index in [0.29, 0.717) is 12.0 Å². The van der Waals surface area contributed by atoms with Gasteiger partial charge in [-0.05, 0) is 49.2 Å². The van der Waals surface area contributed by atoms with E-state index in [2.05, 4.69) is 34.0 Å². The van der Waals surface area contributed by atoms with Crippen LogP contribution in [0.1, 0.15) is 54.3 Å². The Labute approximate surface area is 124 Å². The van der Waals surface area contributed by atoms with Crippen molar-refractivity contribution in [3.05, 3.63) is 33.8 Å². The summed E-state index contributed by atoms with van der Waals surface area (Å²) in [6, 6.07) is 2.64. The Hall–Kier alpha value is -1.20. The van der Waals surface area contributed by atoms with Crippen molar-refractivity contribution in [1.82, 2.24) is 20.3 Å². The van der Waals surface area contributed by atoms with Crippen molar-refractivity contribution in [3.8, 4) is 0 Å². The zero-order valence-electron chi connectivity index (χ0n) is 12.2. The highest BCUT2D eigenvalue weighted by atomic mass is 32.1. The largest absolute Gasteiger partial charge is 0.308 e. The zero-order chi connectivity index (χ0) is 13.9. The van der Waals surface area contributed by atoms with E-state index in [1.54, 1.807) is 4.88 Å². The van der Waals surface area contributed by atoms with Gasteiger partial charge in [0.25, 0.3) is 0 Å². The summed E-state index contributed by atoms with van der Waals surface area (Å²) in [6.45, 7) is 3.24. The van der Waals surface area contributed by atoms with E-state index in [9.17, 15) is 0 Å². The maximum absolute atomic E-state index is 4.11. The smallest absolute Gasteiger partial charge is 0.0759 e. The van der Waals surface area contributed by atoms with Gasteiger partial charge in [0, 0.05) is 17.8 Å². The van der Waals surface area contributed by atoms with Crippen molar-refractivity contribution < 1.29 is 0 Å². The van der Waals surface area contributed by atoms with Crippen molar-refractivity contribution in [3.63, 3.8) is 0 Å². The topological polar surface area (TPSA) is 42.7 Å². The average Bonchev–Trinajstić information content (AvgIpc) is 3.09. The predicted molar refractivity (Wildman–Crippen MR) is 82.0 cm³/mol. The number of hydrogen-bond donors (Lipinski definition) is 1. The first-order valence-electron chi connectivity index (χ1n) is 7.45. The Morgan fingerprint density at radius 3 is 3.20 bits per heavy atom. The third kappa shape index (κ3) is 2.52. The van der Waals surface area contributed by atoms with Crippen LogP contribution in [0.3, 0.4) is 0 Å². The summed E-state index contributed by atoms with van der Waals surface area (Å²) >= 11 is 1.91. The summed E-state index contributed by atoms with van der Waals surface area (Å²) in [7, 11) is 1.99. The molecule has 0 fully saturated rings. The molecule has 0 bridgehead atoms. The molecule has 0 aliphatic heterocycles. The van der Waals surface area contributed by atoms with E-state index in [0.717, 1.165) is 13.0 Å². The van der Waals surface area contributed by atoms with Crippen LogP contribution in [0.5, 0.6) is 0 Å². The standard InChI is InChI=1S/C15H22N4S/c1-3-8-16-15(13-10-17-18-19(13)2)12-5-4-6-14-11(12)7-9-20-14/h7,9-10,12,15-16H,3-6,8H2,1-2H3. The first-order valence-corrected chi connectivity index (χ1v) is 8.33. The van der Waals surface area contributed by atoms with E-state index in [1.165, 1.54) is 30.5 Å². The summed E-state index contributed by atoms with van der Waals surface area (Å²) in [4.78, 5) is 1.57. The van der Waals surface area contributed by atoms with Gasteiger partial charge in [-0.1, -0.05) is 12.1 Å². The summed E-state index contributed by atoms with van der Waals surface area (Å²) < 4.78 is 1.91. The molecule has 2 aromatic heterocycles. The van der Waals surface area contributed by atoms with Crippen molar-refractivity contribution in [2.45, 2.75) is 44.6 Å². The lowest BCUT2D eigenvalue weighted by molar-refractivity contribution is 0.386. The first-order chi connectivity index (χ1) is 9.81. The molecule has 0 spiro atoms. The zero-order valence-corrected chi connectivity index (χ0v) is 13.0. The lowest BCUT2D eigenvalue weighted by atomic mass is 9.81. The van der Waals surface area contributed by atoms with Gasteiger partial charge in [-0.25, -0.2) is 0 Å². The van der Waals surface area contributed by atoms with E-state index < -0.39 is 0 Å². The molecule has 1 N–H and O–H groups in total. The molecule has 2 aromatic rings. The van der Waals surface area contributed by atoms with Crippen LogP contribution in [0.15, 0.2) is 17.6 Å². The van der Waals surface area contributed by atoms with Gasteiger partial charge in [0.2, 0.25) is 0 Å².